The van der Waals surface area contributed by atoms with E-state index in [9.17, 15) is 19.5 Å². The van der Waals surface area contributed by atoms with Crippen molar-refractivity contribution in [2.24, 2.45) is 5.92 Å². The van der Waals surface area contributed by atoms with Crippen LogP contribution in [0.2, 0.25) is 0 Å². The maximum atomic E-state index is 12.5. The topological polar surface area (TPSA) is 105 Å². The fourth-order valence-electron chi connectivity index (χ4n) is 2.43. The number of carboxylic acids is 1. The average Bonchev–Trinajstić information content (AvgIpc) is 2.62. The van der Waals surface area contributed by atoms with E-state index in [1.165, 1.54) is 7.11 Å². The zero-order valence-corrected chi connectivity index (χ0v) is 15.7. The molecule has 2 atom stereocenters. The van der Waals surface area contributed by atoms with Gasteiger partial charge in [-0.2, -0.15) is 0 Å². The summed E-state index contributed by atoms with van der Waals surface area (Å²) in [4.78, 5) is 36.3. The highest BCUT2D eigenvalue weighted by atomic mass is 16.5. The van der Waals surface area contributed by atoms with Crippen LogP contribution in [0, 0.1) is 5.92 Å². The maximum Gasteiger partial charge on any atom is 0.326 e. The van der Waals surface area contributed by atoms with Crippen molar-refractivity contribution in [3.63, 3.8) is 0 Å². The zero-order chi connectivity index (χ0) is 19.7. The molecule has 26 heavy (non-hydrogen) atoms. The molecule has 0 radical (unpaired) electrons. The van der Waals surface area contributed by atoms with E-state index in [-0.39, 0.29) is 5.92 Å². The van der Waals surface area contributed by atoms with Gasteiger partial charge in [0, 0.05) is 5.56 Å². The molecule has 1 aromatic carbocycles. The molecule has 0 saturated heterocycles. The van der Waals surface area contributed by atoms with Crippen molar-refractivity contribution < 1.29 is 24.2 Å². The van der Waals surface area contributed by atoms with Crippen LogP contribution in [0.5, 0.6) is 5.75 Å². The molecule has 0 aliphatic carbocycles. The number of carboxylic acid groups (broad SMARTS) is 1. The lowest BCUT2D eigenvalue weighted by Crippen LogP contribution is -2.53. The Bertz CT molecular complexity index is 613. The fourth-order valence-corrected chi connectivity index (χ4v) is 2.43. The number of unbranched alkanes of at least 4 members (excludes halogenated alkanes) is 1. The van der Waals surface area contributed by atoms with Crippen LogP contribution in [0.15, 0.2) is 24.3 Å². The number of aliphatic carboxylic acids is 1. The number of ether oxygens (including phenoxy) is 1. The van der Waals surface area contributed by atoms with Gasteiger partial charge in [0.2, 0.25) is 5.91 Å². The second-order valence-electron chi connectivity index (χ2n) is 6.47. The average molecular weight is 364 g/mol. The summed E-state index contributed by atoms with van der Waals surface area (Å²) in [6.07, 6.45) is 1.89. The molecule has 0 aliphatic rings. The number of rotatable bonds is 10. The first-order chi connectivity index (χ1) is 12.3. The summed E-state index contributed by atoms with van der Waals surface area (Å²) in [5.74, 6) is -1.54. The van der Waals surface area contributed by atoms with Crippen molar-refractivity contribution in [1.82, 2.24) is 10.6 Å². The lowest BCUT2D eigenvalue weighted by Gasteiger charge is -2.24. The number of benzene rings is 1. The van der Waals surface area contributed by atoms with Crippen LogP contribution in [0.1, 0.15) is 50.4 Å². The molecule has 2 amide bonds. The smallest absolute Gasteiger partial charge is 0.326 e. The molecule has 7 nitrogen and oxygen atoms in total. The van der Waals surface area contributed by atoms with E-state index in [2.05, 4.69) is 10.6 Å². The Hall–Kier alpha value is -2.57. The van der Waals surface area contributed by atoms with E-state index >= 15 is 0 Å². The van der Waals surface area contributed by atoms with Crippen molar-refractivity contribution in [2.75, 3.05) is 7.11 Å². The van der Waals surface area contributed by atoms with Gasteiger partial charge in [-0.25, -0.2) is 4.79 Å². The molecule has 0 heterocycles. The van der Waals surface area contributed by atoms with Crippen LogP contribution < -0.4 is 15.4 Å². The number of hydrogen-bond donors (Lipinski definition) is 3. The molecule has 1 rings (SSSR count). The molecule has 0 fully saturated rings. The normalized spacial score (nSPS) is 13.0. The molecule has 1 aromatic rings. The van der Waals surface area contributed by atoms with E-state index in [1.54, 1.807) is 38.1 Å². The van der Waals surface area contributed by atoms with Crippen LogP contribution in [-0.2, 0) is 9.59 Å². The van der Waals surface area contributed by atoms with Crippen molar-refractivity contribution in [3.8, 4) is 5.75 Å². The van der Waals surface area contributed by atoms with Gasteiger partial charge in [-0.15, -0.1) is 0 Å². The third kappa shape index (κ3) is 6.38. The summed E-state index contributed by atoms with van der Waals surface area (Å²) < 4.78 is 5.05. The monoisotopic (exact) mass is 364 g/mol. The molecular formula is C19H28N2O5. The van der Waals surface area contributed by atoms with Crippen LogP contribution >= 0.6 is 0 Å². The zero-order valence-electron chi connectivity index (χ0n) is 15.7. The van der Waals surface area contributed by atoms with E-state index in [4.69, 9.17) is 4.74 Å². The van der Waals surface area contributed by atoms with E-state index in [1.807, 2.05) is 6.92 Å². The Labute approximate surface area is 154 Å². The van der Waals surface area contributed by atoms with Crippen LogP contribution in [0.4, 0.5) is 0 Å². The quantitative estimate of drug-likeness (QED) is 0.590. The molecule has 144 valence electrons. The van der Waals surface area contributed by atoms with Gasteiger partial charge in [-0.1, -0.05) is 33.6 Å². The van der Waals surface area contributed by atoms with Gasteiger partial charge in [0.1, 0.15) is 17.8 Å². The lowest BCUT2D eigenvalue weighted by atomic mass is 10.0. The predicted octanol–water partition coefficient (Wildman–Crippen LogP) is 2.21. The number of carbonyl (C=O) groups is 3. The van der Waals surface area contributed by atoms with Gasteiger partial charge in [0.25, 0.3) is 5.91 Å². The fraction of sp³-hybridized carbons (Fsp3) is 0.526. The lowest BCUT2D eigenvalue weighted by molar-refractivity contribution is -0.142. The second-order valence-corrected chi connectivity index (χ2v) is 6.47. The first-order valence-electron chi connectivity index (χ1n) is 8.78. The summed E-state index contributed by atoms with van der Waals surface area (Å²) in [5, 5.41) is 14.5. The minimum Gasteiger partial charge on any atom is -0.497 e. The van der Waals surface area contributed by atoms with Crippen LogP contribution in [0.25, 0.3) is 0 Å². The highest BCUT2D eigenvalue weighted by Gasteiger charge is 2.28. The number of carbonyl (C=O) groups excluding carboxylic acids is 2. The Morgan fingerprint density at radius 2 is 1.73 bits per heavy atom. The van der Waals surface area contributed by atoms with Crippen LogP contribution in [-0.4, -0.2) is 42.1 Å². The van der Waals surface area contributed by atoms with Gasteiger partial charge in [0.15, 0.2) is 0 Å². The molecular weight excluding hydrogens is 336 g/mol. The third-order valence-corrected chi connectivity index (χ3v) is 4.05. The summed E-state index contributed by atoms with van der Waals surface area (Å²) >= 11 is 0. The van der Waals surface area contributed by atoms with Crippen molar-refractivity contribution in [1.29, 1.82) is 0 Å². The summed E-state index contributed by atoms with van der Waals surface area (Å²) in [5.41, 5.74) is 0.394. The molecule has 7 heteroatoms. The SMILES string of the molecule is CCCC[C@H](NC(=O)C(NC(=O)c1ccc(OC)cc1)C(C)C)C(=O)O. The van der Waals surface area contributed by atoms with Crippen LogP contribution in [0.3, 0.4) is 0 Å². The second kappa shape index (κ2) is 10.4. The van der Waals surface area contributed by atoms with Crippen molar-refractivity contribution in [2.45, 2.75) is 52.1 Å². The molecule has 3 N–H and O–H groups in total. The minimum atomic E-state index is -1.07. The minimum absolute atomic E-state index is 0.196. The number of methoxy groups -OCH3 is 1. The summed E-state index contributed by atoms with van der Waals surface area (Å²) in [6, 6.07) is 4.74. The Morgan fingerprint density at radius 1 is 1.12 bits per heavy atom. The van der Waals surface area contributed by atoms with E-state index in [0.29, 0.717) is 24.2 Å². The maximum absolute atomic E-state index is 12.5. The molecule has 0 aliphatic heterocycles. The van der Waals surface area contributed by atoms with Crippen molar-refractivity contribution in [3.05, 3.63) is 29.8 Å². The molecule has 1 unspecified atom stereocenters. The van der Waals surface area contributed by atoms with E-state index in [0.717, 1.165) is 6.42 Å². The molecule has 0 bridgehead atoms. The van der Waals surface area contributed by atoms with Gasteiger partial charge in [-0.3, -0.25) is 9.59 Å². The van der Waals surface area contributed by atoms with Gasteiger partial charge in [-0.05, 0) is 36.6 Å². The molecule has 0 spiro atoms. The highest BCUT2D eigenvalue weighted by Crippen LogP contribution is 2.12. The summed E-state index contributed by atoms with van der Waals surface area (Å²) in [7, 11) is 1.53. The van der Waals surface area contributed by atoms with Gasteiger partial charge < -0.3 is 20.5 Å². The predicted molar refractivity (Wildman–Crippen MR) is 98.2 cm³/mol. The largest absolute Gasteiger partial charge is 0.497 e. The van der Waals surface area contributed by atoms with Gasteiger partial charge >= 0.3 is 5.97 Å². The number of hydrogen-bond acceptors (Lipinski definition) is 4. The first kappa shape index (κ1) is 21.5. The number of nitrogens with one attached hydrogen (secondary N) is 2. The van der Waals surface area contributed by atoms with Gasteiger partial charge in [0.05, 0.1) is 7.11 Å². The standard InChI is InChI=1S/C19H28N2O5/c1-5-6-7-15(19(24)25)20-18(23)16(12(2)3)21-17(22)13-8-10-14(26-4)11-9-13/h8-12,15-16H,5-7H2,1-4H3,(H,20,23)(H,21,22)(H,24,25)/t15-,16?/m0/s1. The van der Waals surface area contributed by atoms with E-state index < -0.39 is 29.9 Å². The third-order valence-electron chi connectivity index (χ3n) is 4.05. The summed E-state index contributed by atoms with van der Waals surface area (Å²) in [6.45, 7) is 5.54. The Morgan fingerprint density at radius 3 is 2.19 bits per heavy atom. The Kier molecular flexibility index (Phi) is 8.61. The molecule has 0 aromatic heterocycles. The Balaban J connectivity index is 2.81. The first-order valence-corrected chi connectivity index (χ1v) is 8.78. The van der Waals surface area contributed by atoms with Crippen molar-refractivity contribution >= 4 is 17.8 Å². The number of amides is 2. The highest BCUT2D eigenvalue weighted by molar-refractivity contribution is 5.98. The molecule has 0 saturated carbocycles.